The summed E-state index contributed by atoms with van der Waals surface area (Å²) in [7, 11) is 1.52. The SMILES string of the molecule is CC1CNCCN1c1ccc2c(n1)CN(C1CCC(=O)NC1=O)C2=O.CNC(=O)COc1cc2cc(Nc3nc(N4CCC(OC5CCC5)CC4)ncc3Cl)ccc2n(C(C)C)c1=O. The third-order valence-electron chi connectivity index (χ3n) is 12.5. The van der Waals surface area contributed by atoms with E-state index >= 15 is 0 Å². The van der Waals surface area contributed by atoms with Gasteiger partial charge in [0.1, 0.15) is 16.9 Å². The second kappa shape index (κ2) is 19.5. The van der Waals surface area contributed by atoms with Gasteiger partial charge in [-0.15, -0.1) is 0 Å². The molecule has 4 aliphatic heterocycles. The van der Waals surface area contributed by atoms with Crippen LogP contribution in [-0.2, 0) is 25.7 Å². The number of ether oxygens (including phenoxy) is 2. The third kappa shape index (κ3) is 9.78. The van der Waals surface area contributed by atoms with E-state index in [0.29, 0.717) is 59.3 Å². The standard InChI is InChI=1S/C28H35ClN6O4.C17H21N5O3/c1-17(2)35-23-8-7-19(13-18(23)14-24(27(35)37)38-16-25(36)30-3)32-26-22(29)15-31-28(33-26)34-11-9-21(10-12-34)39-20-5-4-6-20;1-10-8-18-6-7-21(10)14-4-2-11-12(19-14)9-22(17(11)25)13-3-5-15(23)20-16(13)24/h7-8,13-15,17,20-21H,4-6,9-12,16H2,1-3H3,(H,30,36)(H,31,32,33);2,4,10,13,18H,3,5-9H2,1H3,(H,20,23,24). The molecule has 9 rings (SSSR count). The Morgan fingerprint density at radius 2 is 1.75 bits per heavy atom. The number of nitrogens with one attached hydrogen (secondary N) is 4. The number of hydrogen-bond acceptors (Lipinski definition) is 14. The van der Waals surface area contributed by atoms with Crippen LogP contribution in [0.1, 0.15) is 87.8 Å². The fraction of sp³-hybridized carbons (Fsp3) is 0.511. The highest BCUT2D eigenvalue weighted by molar-refractivity contribution is 6.33. The van der Waals surface area contributed by atoms with Gasteiger partial charge in [-0.2, -0.15) is 4.98 Å². The van der Waals surface area contributed by atoms with E-state index in [9.17, 15) is 24.0 Å². The zero-order chi connectivity index (χ0) is 45.1. The molecule has 4 fully saturated rings. The minimum Gasteiger partial charge on any atom is -0.478 e. The van der Waals surface area contributed by atoms with Crippen LogP contribution in [0.15, 0.2) is 47.4 Å². The molecule has 4 N–H and O–H groups in total. The van der Waals surface area contributed by atoms with Gasteiger partial charge in [0.2, 0.25) is 17.8 Å². The Balaban J connectivity index is 0.000000192. The molecule has 64 heavy (non-hydrogen) atoms. The van der Waals surface area contributed by atoms with E-state index in [2.05, 4.69) is 43.0 Å². The first-order valence-electron chi connectivity index (χ1n) is 22.2. The Morgan fingerprint density at radius 3 is 2.45 bits per heavy atom. The van der Waals surface area contributed by atoms with Crippen LogP contribution >= 0.6 is 11.6 Å². The quantitative estimate of drug-likeness (QED) is 0.157. The smallest absolute Gasteiger partial charge is 0.293 e. The largest absolute Gasteiger partial charge is 0.478 e. The average molecular weight is 898 g/mol. The zero-order valence-electron chi connectivity index (χ0n) is 36.7. The molecule has 7 heterocycles. The van der Waals surface area contributed by atoms with Crippen LogP contribution in [0.25, 0.3) is 10.9 Å². The molecule has 2 atom stereocenters. The van der Waals surface area contributed by atoms with Gasteiger partial charge in [0.25, 0.3) is 17.4 Å². The lowest BCUT2D eigenvalue weighted by atomic mass is 9.95. The highest BCUT2D eigenvalue weighted by Crippen LogP contribution is 2.32. The number of pyridine rings is 2. The molecule has 3 aromatic heterocycles. The van der Waals surface area contributed by atoms with Crippen LogP contribution in [0.4, 0.5) is 23.3 Å². The number of anilines is 4. The summed E-state index contributed by atoms with van der Waals surface area (Å²) in [5.74, 6) is 0.939. The molecule has 1 aliphatic carbocycles. The predicted molar refractivity (Wildman–Crippen MR) is 242 cm³/mol. The number of amides is 4. The maximum absolute atomic E-state index is 13.1. The summed E-state index contributed by atoms with van der Waals surface area (Å²) in [4.78, 5) is 80.7. The van der Waals surface area contributed by atoms with E-state index in [-0.39, 0.29) is 48.1 Å². The summed E-state index contributed by atoms with van der Waals surface area (Å²) in [6.07, 6.45) is 8.55. The highest BCUT2D eigenvalue weighted by atomic mass is 35.5. The van der Waals surface area contributed by atoms with Gasteiger partial charge in [0, 0.05) is 69.3 Å². The van der Waals surface area contributed by atoms with Gasteiger partial charge in [-0.05, 0) is 95.7 Å². The summed E-state index contributed by atoms with van der Waals surface area (Å²) in [6, 6.07) is 10.6. The van der Waals surface area contributed by atoms with Crippen molar-refractivity contribution in [3.63, 3.8) is 0 Å². The van der Waals surface area contributed by atoms with Gasteiger partial charge < -0.3 is 44.7 Å². The van der Waals surface area contributed by atoms with Gasteiger partial charge in [-0.3, -0.25) is 29.3 Å². The van der Waals surface area contributed by atoms with Crippen molar-refractivity contribution in [3.05, 3.63) is 69.2 Å². The topological polar surface area (TPSA) is 205 Å². The Hall–Kier alpha value is -5.85. The lowest BCUT2D eigenvalue weighted by Gasteiger charge is -2.36. The summed E-state index contributed by atoms with van der Waals surface area (Å²) in [5, 5.41) is 12.7. The lowest BCUT2D eigenvalue weighted by molar-refractivity contribution is -0.137. The maximum Gasteiger partial charge on any atom is 0.293 e. The van der Waals surface area contributed by atoms with Crippen molar-refractivity contribution < 1.29 is 28.7 Å². The van der Waals surface area contributed by atoms with Crippen LogP contribution in [0.2, 0.25) is 5.02 Å². The van der Waals surface area contributed by atoms with E-state index in [1.165, 1.54) is 31.2 Å². The molecular weight excluding hydrogens is 842 g/mol. The maximum atomic E-state index is 13.1. The molecule has 4 aromatic rings. The fourth-order valence-electron chi connectivity index (χ4n) is 8.70. The molecule has 2 unspecified atom stereocenters. The number of likely N-dealkylation sites (N-methyl/N-ethyl adjacent to an activating group) is 1. The molecule has 0 bridgehead atoms. The molecule has 5 aliphatic rings. The first kappa shape index (κ1) is 44.7. The van der Waals surface area contributed by atoms with Crippen molar-refractivity contribution in [2.45, 2.75) is 103 Å². The second-order valence-corrected chi connectivity index (χ2v) is 17.6. The van der Waals surface area contributed by atoms with Crippen LogP contribution in [0, 0.1) is 0 Å². The number of fused-ring (bicyclic) bond motifs is 2. The first-order valence-corrected chi connectivity index (χ1v) is 22.6. The summed E-state index contributed by atoms with van der Waals surface area (Å²) in [6.45, 7) is 10.4. The third-order valence-corrected chi connectivity index (χ3v) is 12.7. The van der Waals surface area contributed by atoms with Gasteiger partial charge >= 0.3 is 0 Å². The predicted octanol–water partition coefficient (Wildman–Crippen LogP) is 4.07. The first-order chi connectivity index (χ1) is 30.9. The molecule has 19 heteroatoms. The van der Waals surface area contributed by atoms with Gasteiger partial charge in [0.05, 0.1) is 41.7 Å². The van der Waals surface area contributed by atoms with E-state index < -0.39 is 11.9 Å². The van der Waals surface area contributed by atoms with Crippen molar-refractivity contribution in [3.8, 4) is 5.75 Å². The van der Waals surface area contributed by atoms with Gasteiger partial charge in [-0.25, -0.2) is 9.97 Å². The van der Waals surface area contributed by atoms with Crippen LogP contribution in [0.5, 0.6) is 5.75 Å². The summed E-state index contributed by atoms with van der Waals surface area (Å²) < 4.78 is 13.4. The number of piperidine rings is 2. The number of rotatable bonds is 11. The average Bonchev–Trinajstić information content (AvgIpc) is 3.60. The number of aromatic nitrogens is 4. The minimum absolute atomic E-state index is 0.107. The molecule has 4 amide bonds. The number of nitrogens with zero attached hydrogens (tertiary/aromatic N) is 7. The number of carbonyl (C=O) groups is 4. The Labute approximate surface area is 376 Å². The number of piperazine rings is 1. The van der Waals surface area contributed by atoms with E-state index in [4.69, 9.17) is 31.0 Å². The molecule has 1 saturated carbocycles. The van der Waals surface area contributed by atoms with Crippen molar-refractivity contribution >= 4 is 69.4 Å². The van der Waals surface area contributed by atoms with E-state index in [1.54, 1.807) is 22.9 Å². The Morgan fingerprint density at radius 1 is 0.969 bits per heavy atom. The van der Waals surface area contributed by atoms with E-state index in [0.717, 1.165) is 68.0 Å². The molecule has 1 aromatic carbocycles. The monoisotopic (exact) mass is 897 g/mol. The molecule has 340 valence electrons. The van der Waals surface area contributed by atoms with Crippen molar-refractivity contribution in [2.75, 3.05) is 61.5 Å². The molecule has 0 spiro atoms. The Bertz CT molecular complexity index is 2470. The minimum atomic E-state index is -0.596. The van der Waals surface area contributed by atoms with Crippen molar-refractivity contribution in [1.82, 2.24) is 40.4 Å². The number of imide groups is 1. The van der Waals surface area contributed by atoms with Crippen molar-refractivity contribution in [1.29, 1.82) is 0 Å². The van der Waals surface area contributed by atoms with Crippen LogP contribution < -0.4 is 41.4 Å². The van der Waals surface area contributed by atoms with Gasteiger partial charge in [0.15, 0.2) is 18.2 Å². The highest BCUT2D eigenvalue weighted by Gasteiger charge is 2.40. The number of carbonyl (C=O) groups excluding carboxylic acids is 4. The second-order valence-electron chi connectivity index (χ2n) is 17.2. The Kier molecular flexibility index (Phi) is 13.6. The molecule has 0 radical (unpaired) electrons. The lowest BCUT2D eigenvalue weighted by Crippen LogP contribution is -2.52. The van der Waals surface area contributed by atoms with Crippen molar-refractivity contribution in [2.24, 2.45) is 0 Å². The molecule has 3 saturated heterocycles. The number of hydrogen-bond donors (Lipinski definition) is 4. The molecular formula is C45H56ClN11O7. The molecule has 18 nitrogen and oxygen atoms in total. The normalized spacial score (nSPS) is 20.4. The van der Waals surface area contributed by atoms with Crippen LogP contribution in [-0.4, -0.2) is 119 Å². The number of benzene rings is 1. The van der Waals surface area contributed by atoms with Crippen LogP contribution in [0.3, 0.4) is 0 Å². The van der Waals surface area contributed by atoms with E-state index in [1.807, 2.05) is 38.1 Å². The van der Waals surface area contributed by atoms with Gasteiger partial charge in [-0.1, -0.05) is 11.6 Å². The summed E-state index contributed by atoms with van der Waals surface area (Å²) >= 11 is 6.47. The number of halogens is 1. The summed E-state index contributed by atoms with van der Waals surface area (Å²) in [5.41, 5.74) is 2.48. The fourth-order valence-corrected chi connectivity index (χ4v) is 8.84. The zero-order valence-corrected chi connectivity index (χ0v) is 37.4.